The molecule has 0 amide bonds. The van der Waals surface area contributed by atoms with Crippen LogP contribution in [0.3, 0.4) is 0 Å². The maximum Gasteiger partial charge on any atom is 0.254 e. The van der Waals surface area contributed by atoms with Crippen molar-refractivity contribution in [2.75, 3.05) is 0 Å². The molecule has 1 aromatic heterocycles. The SMILES string of the molecule is CCc1c(C)nc(C(C)C)[nH]c1=O. The minimum atomic E-state index is 0.0127. The van der Waals surface area contributed by atoms with Crippen molar-refractivity contribution in [2.24, 2.45) is 0 Å². The number of aromatic nitrogens is 2. The van der Waals surface area contributed by atoms with Crippen LogP contribution in [-0.2, 0) is 6.42 Å². The highest BCUT2D eigenvalue weighted by molar-refractivity contribution is 5.16. The molecule has 0 aliphatic rings. The number of H-pyrrole nitrogens is 1. The fourth-order valence-corrected chi connectivity index (χ4v) is 1.32. The molecule has 0 aliphatic heterocycles. The summed E-state index contributed by atoms with van der Waals surface area (Å²) in [5, 5.41) is 0. The quantitative estimate of drug-likeness (QED) is 0.753. The second-order valence-corrected chi connectivity index (χ2v) is 3.52. The number of rotatable bonds is 2. The van der Waals surface area contributed by atoms with Gasteiger partial charge in [0.05, 0.1) is 0 Å². The van der Waals surface area contributed by atoms with Gasteiger partial charge in [-0.2, -0.15) is 0 Å². The molecule has 0 fully saturated rings. The zero-order valence-corrected chi connectivity index (χ0v) is 8.64. The Labute approximate surface area is 78.2 Å². The molecular formula is C10H16N2O. The summed E-state index contributed by atoms with van der Waals surface area (Å²) in [5.74, 6) is 1.05. The van der Waals surface area contributed by atoms with Crippen molar-refractivity contribution in [2.45, 2.75) is 40.0 Å². The first-order chi connectivity index (χ1) is 6.06. The van der Waals surface area contributed by atoms with Gasteiger partial charge in [0.2, 0.25) is 0 Å². The number of hydrogen-bond acceptors (Lipinski definition) is 2. The van der Waals surface area contributed by atoms with E-state index in [4.69, 9.17) is 0 Å². The molecule has 3 nitrogen and oxygen atoms in total. The van der Waals surface area contributed by atoms with Gasteiger partial charge in [0.25, 0.3) is 5.56 Å². The molecule has 0 atom stereocenters. The van der Waals surface area contributed by atoms with Gasteiger partial charge in [0.15, 0.2) is 0 Å². The Morgan fingerprint density at radius 3 is 2.46 bits per heavy atom. The van der Waals surface area contributed by atoms with Gasteiger partial charge in [0.1, 0.15) is 5.82 Å². The van der Waals surface area contributed by atoms with Crippen LogP contribution in [-0.4, -0.2) is 9.97 Å². The summed E-state index contributed by atoms with van der Waals surface area (Å²) in [6.45, 7) is 7.89. The van der Waals surface area contributed by atoms with Gasteiger partial charge in [-0.3, -0.25) is 4.79 Å². The highest BCUT2D eigenvalue weighted by Gasteiger charge is 2.07. The molecule has 0 aliphatic carbocycles. The average Bonchev–Trinajstić information content (AvgIpc) is 2.03. The number of aryl methyl sites for hydroxylation is 1. The van der Waals surface area contributed by atoms with Crippen LogP contribution in [0, 0.1) is 6.92 Å². The third kappa shape index (κ3) is 1.97. The van der Waals surface area contributed by atoms with Crippen molar-refractivity contribution in [3.05, 3.63) is 27.4 Å². The maximum atomic E-state index is 11.5. The number of nitrogens with zero attached hydrogens (tertiary/aromatic N) is 1. The predicted molar refractivity (Wildman–Crippen MR) is 53.1 cm³/mol. The first-order valence-electron chi connectivity index (χ1n) is 4.66. The Kier molecular flexibility index (Phi) is 2.86. The zero-order valence-electron chi connectivity index (χ0n) is 8.64. The lowest BCUT2D eigenvalue weighted by atomic mass is 10.1. The van der Waals surface area contributed by atoms with Crippen molar-refractivity contribution in [1.82, 2.24) is 9.97 Å². The third-order valence-electron chi connectivity index (χ3n) is 2.14. The van der Waals surface area contributed by atoms with E-state index in [1.807, 2.05) is 27.7 Å². The van der Waals surface area contributed by atoms with Gasteiger partial charge in [-0.1, -0.05) is 20.8 Å². The molecular weight excluding hydrogens is 164 g/mol. The van der Waals surface area contributed by atoms with Gasteiger partial charge >= 0.3 is 0 Å². The molecule has 72 valence electrons. The smallest absolute Gasteiger partial charge is 0.254 e. The molecule has 13 heavy (non-hydrogen) atoms. The maximum absolute atomic E-state index is 11.5. The van der Waals surface area contributed by atoms with E-state index in [0.29, 0.717) is 0 Å². The van der Waals surface area contributed by atoms with Crippen LogP contribution in [0.15, 0.2) is 4.79 Å². The van der Waals surface area contributed by atoms with E-state index in [1.165, 1.54) is 0 Å². The predicted octanol–water partition coefficient (Wildman–Crippen LogP) is 1.76. The van der Waals surface area contributed by atoms with E-state index >= 15 is 0 Å². The minimum absolute atomic E-state index is 0.0127. The molecule has 1 N–H and O–H groups in total. The van der Waals surface area contributed by atoms with Crippen LogP contribution in [0.2, 0.25) is 0 Å². The molecule has 0 bridgehead atoms. The lowest BCUT2D eigenvalue weighted by molar-refractivity contribution is 0.748. The lowest BCUT2D eigenvalue weighted by Gasteiger charge is -2.07. The van der Waals surface area contributed by atoms with Gasteiger partial charge in [-0.25, -0.2) is 4.98 Å². The Bertz CT molecular complexity index is 352. The van der Waals surface area contributed by atoms with Gasteiger partial charge < -0.3 is 4.98 Å². The van der Waals surface area contributed by atoms with Crippen molar-refractivity contribution in [3.63, 3.8) is 0 Å². The van der Waals surface area contributed by atoms with E-state index in [2.05, 4.69) is 9.97 Å². The molecule has 0 radical (unpaired) electrons. The lowest BCUT2D eigenvalue weighted by Crippen LogP contribution is -2.19. The Hall–Kier alpha value is -1.12. The molecule has 1 heterocycles. The van der Waals surface area contributed by atoms with Gasteiger partial charge in [-0.15, -0.1) is 0 Å². The monoisotopic (exact) mass is 180 g/mol. The van der Waals surface area contributed by atoms with Crippen molar-refractivity contribution in [3.8, 4) is 0 Å². The second kappa shape index (κ2) is 3.73. The van der Waals surface area contributed by atoms with E-state index < -0.39 is 0 Å². The Morgan fingerprint density at radius 2 is 2.08 bits per heavy atom. The number of aromatic amines is 1. The van der Waals surface area contributed by atoms with E-state index in [0.717, 1.165) is 23.5 Å². The summed E-state index contributed by atoms with van der Waals surface area (Å²) in [6.07, 6.45) is 0.743. The van der Waals surface area contributed by atoms with Crippen LogP contribution in [0.1, 0.15) is 43.8 Å². The molecule has 0 unspecified atom stereocenters. The van der Waals surface area contributed by atoms with E-state index in [1.54, 1.807) is 0 Å². The summed E-state index contributed by atoms with van der Waals surface area (Å²) in [6, 6.07) is 0. The van der Waals surface area contributed by atoms with E-state index in [-0.39, 0.29) is 11.5 Å². The fourth-order valence-electron chi connectivity index (χ4n) is 1.32. The topological polar surface area (TPSA) is 45.8 Å². The summed E-state index contributed by atoms with van der Waals surface area (Å²) < 4.78 is 0. The van der Waals surface area contributed by atoms with Crippen LogP contribution in [0.5, 0.6) is 0 Å². The van der Waals surface area contributed by atoms with Crippen LogP contribution in [0.25, 0.3) is 0 Å². The highest BCUT2D eigenvalue weighted by atomic mass is 16.1. The largest absolute Gasteiger partial charge is 0.310 e. The third-order valence-corrected chi connectivity index (χ3v) is 2.14. The molecule has 0 aromatic carbocycles. The van der Waals surface area contributed by atoms with E-state index in [9.17, 15) is 4.79 Å². The normalized spacial score (nSPS) is 10.8. The minimum Gasteiger partial charge on any atom is -0.310 e. The molecule has 0 saturated carbocycles. The second-order valence-electron chi connectivity index (χ2n) is 3.52. The van der Waals surface area contributed by atoms with Crippen molar-refractivity contribution >= 4 is 0 Å². The average molecular weight is 180 g/mol. The van der Waals surface area contributed by atoms with Crippen LogP contribution >= 0.6 is 0 Å². The summed E-state index contributed by atoms with van der Waals surface area (Å²) >= 11 is 0. The van der Waals surface area contributed by atoms with Crippen LogP contribution < -0.4 is 5.56 Å². The Morgan fingerprint density at radius 1 is 1.46 bits per heavy atom. The molecule has 0 saturated heterocycles. The van der Waals surface area contributed by atoms with Crippen LogP contribution in [0.4, 0.5) is 0 Å². The Balaban J connectivity index is 3.29. The zero-order chi connectivity index (χ0) is 10.0. The summed E-state index contributed by atoms with van der Waals surface area (Å²) in [4.78, 5) is 18.6. The fraction of sp³-hybridized carbons (Fsp3) is 0.600. The number of nitrogens with one attached hydrogen (secondary N) is 1. The standard InChI is InChI=1S/C10H16N2O/c1-5-8-7(4)11-9(6(2)3)12-10(8)13/h6H,5H2,1-4H3,(H,11,12,13). The molecule has 3 heteroatoms. The summed E-state index contributed by atoms with van der Waals surface area (Å²) in [5.41, 5.74) is 1.66. The first-order valence-corrected chi connectivity index (χ1v) is 4.66. The van der Waals surface area contributed by atoms with Crippen molar-refractivity contribution in [1.29, 1.82) is 0 Å². The first kappa shape index (κ1) is 9.96. The van der Waals surface area contributed by atoms with Crippen molar-refractivity contribution < 1.29 is 0 Å². The molecule has 1 aromatic rings. The van der Waals surface area contributed by atoms with Gasteiger partial charge in [0, 0.05) is 17.2 Å². The van der Waals surface area contributed by atoms with Gasteiger partial charge in [-0.05, 0) is 13.3 Å². The molecule has 0 spiro atoms. The molecule has 1 rings (SSSR count). The highest BCUT2D eigenvalue weighted by Crippen LogP contribution is 2.08. The number of hydrogen-bond donors (Lipinski definition) is 1. The summed E-state index contributed by atoms with van der Waals surface area (Å²) in [7, 11) is 0.